The first-order valence-electron chi connectivity index (χ1n) is 6.46. The fraction of sp³-hybridized carbons (Fsp3) is 0.500. The van der Waals surface area contributed by atoms with E-state index in [1.165, 1.54) is 12.1 Å². The Labute approximate surface area is 129 Å². The van der Waals surface area contributed by atoms with Gasteiger partial charge < -0.3 is 15.8 Å². The maximum atomic E-state index is 12.1. The van der Waals surface area contributed by atoms with Crippen molar-refractivity contribution >= 4 is 18.3 Å². The van der Waals surface area contributed by atoms with Gasteiger partial charge in [0, 0.05) is 6.54 Å². The number of ether oxygens (including phenoxy) is 1. The van der Waals surface area contributed by atoms with Crippen LogP contribution in [0.4, 0.5) is 8.78 Å². The maximum Gasteiger partial charge on any atom is 0.387 e. The van der Waals surface area contributed by atoms with Crippen LogP contribution in [0.25, 0.3) is 0 Å². The topological polar surface area (TPSA) is 64.4 Å². The number of benzene rings is 1. The van der Waals surface area contributed by atoms with Crippen LogP contribution in [0.1, 0.15) is 32.3 Å². The number of nitrogens with two attached hydrogens (primary N) is 1. The van der Waals surface area contributed by atoms with Crippen LogP contribution in [0.2, 0.25) is 0 Å². The van der Waals surface area contributed by atoms with E-state index in [9.17, 15) is 13.6 Å². The third-order valence-corrected chi connectivity index (χ3v) is 2.86. The van der Waals surface area contributed by atoms with Crippen molar-refractivity contribution in [2.45, 2.75) is 45.4 Å². The summed E-state index contributed by atoms with van der Waals surface area (Å²) in [6.07, 6.45) is 1.38. The Kier molecular flexibility index (Phi) is 8.21. The second-order valence-corrected chi connectivity index (χ2v) is 4.88. The van der Waals surface area contributed by atoms with E-state index >= 15 is 0 Å². The Bertz CT molecular complexity index is 456. The molecule has 0 bridgehead atoms. The first-order valence-corrected chi connectivity index (χ1v) is 6.46. The summed E-state index contributed by atoms with van der Waals surface area (Å²) in [4.78, 5) is 11.9. The number of halogens is 3. The molecule has 0 saturated heterocycles. The number of alkyl halides is 2. The van der Waals surface area contributed by atoms with Crippen LogP contribution in [0.15, 0.2) is 24.3 Å². The normalized spacial score (nSPS) is 13.2. The van der Waals surface area contributed by atoms with Crippen LogP contribution in [0.5, 0.6) is 5.75 Å². The molecule has 120 valence electrons. The van der Waals surface area contributed by atoms with Gasteiger partial charge in [0.2, 0.25) is 5.91 Å². The summed E-state index contributed by atoms with van der Waals surface area (Å²) in [5, 5.41) is 2.70. The smallest absolute Gasteiger partial charge is 0.387 e. The van der Waals surface area contributed by atoms with E-state index in [1.807, 2.05) is 6.92 Å². The molecular formula is C14H21ClF2N2O2. The van der Waals surface area contributed by atoms with Crippen LogP contribution < -0.4 is 15.8 Å². The van der Waals surface area contributed by atoms with Gasteiger partial charge in [-0.2, -0.15) is 8.78 Å². The molecule has 0 aliphatic carbocycles. The minimum Gasteiger partial charge on any atom is -0.435 e. The lowest BCUT2D eigenvalue weighted by atomic mass is 9.96. The number of carbonyl (C=O) groups excluding carboxylic acids is 1. The molecule has 0 aliphatic rings. The number of rotatable bonds is 7. The first-order chi connectivity index (χ1) is 9.35. The number of hydrogen-bond donors (Lipinski definition) is 2. The third-order valence-electron chi connectivity index (χ3n) is 2.86. The van der Waals surface area contributed by atoms with E-state index in [4.69, 9.17) is 5.73 Å². The van der Waals surface area contributed by atoms with E-state index in [2.05, 4.69) is 10.1 Å². The SMILES string of the molecule is CCCC(C)(N)C(=O)NCc1cccc(OC(F)F)c1.Cl. The first kappa shape index (κ1) is 19.6. The van der Waals surface area contributed by atoms with Gasteiger partial charge in [0.25, 0.3) is 0 Å². The average Bonchev–Trinajstić information content (AvgIpc) is 2.35. The molecule has 1 aromatic rings. The highest BCUT2D eigenvalue weighted by Crippen LogP contribution is 2.16. The van der Waals surface area contributed by atoms with Crippen molar-refractivity contribution in [1.29, 1.82) is 0 Å². The molecule has 0 spiro atoms. The Morgan fingerprint density at radius 1 is 1.48 bits per heavy atom. The van der Waals surface area contributed by atoms with Crippen LogP contribution in [-0.2, 0) is 11.3 Å². The zero-order valence-electron chi connectivity index (χ0n) is 12.1. The molecule has 0 aliphatic heterocycles. The number of nitrogens with one attached hydrogen (secondary N) is 1. The van der Waals surface area contributed by atoms with Crippen molar-refractivity contribution in [3.05, 3.63) is 29.8 Å². The zero-order valence-corrected chi connectivity index (χ0v) is 12.9. The Hall–Kier alpha value is -1.40. The molecule has 1 aromatic carbocycles. The highest BCUT2D eigenvalue weighted by Gasteiger charge is 2.26. The minimum absolute atomic E-state index is 0. The molecule has 0 heterocycles. The molecular weight excluding hydrogens is 302 g/mol. The van der Waals surface area contributed by atoms with Crippen molar-refractivity contribution in [3.63, 3.8) is 0 Å². The van der Waals surface area contributed by atoms with E-state index in [0.717, 1.165) is 6.42 Å². The molecule has 0 saturated carbocycles. The van der Waals surface area contributed by atoms with Gasteiger partial charge in [-0.3, -0.25) is 4.79 Å². The fourth-order valence-electron chi connectivity index (χ4n) is 1.85. The molecule has 1 rings (SSSR count). The number of carbonyl (C=O) groups is 1. The van der Waals surface area contributed by atoms with Gasteiger partial charge in [0.1, 0.15) is 5.75 Å². The lowest BCUT2D eigenvalue weighted by Crippen LogP contribution is -2.51. The third kappa shape index (κ3) is 6.73. The second-order valence-electron chi connectivity index (χ2n) is 4.88. The monoisotopic (exact) mass is 322 g/mol. The highest BCUT2D eigenvalue weighted by atomic mass is 35.5. The molecule has 0 fully saturated rings. The van der Waals surface area contributed by atoms with Gasteiger partial charge in [0.15, 0.2) is 0 Å². The van der Waals surface area contributed by atoms with Gasteiger partial charge in [-0.1, -0.05) is 25.5 Å². The Balaban J connectivity index is 0.00000400. The standard InChI is InChI=1S/C14H20F2N2O2.ClH/c1-3-7-14(2,17)12(19)18-9-10-5-4-6-11(8-10)20-13(15)16;/h4-6,8,13H,3,7,9,17H2,1-2H3,(H,18,19);1H. The second kappa shape index (κ2) is 8.79. The molecule has 0 aromatic heterocycles. The lowest BCUT2D eigenvalue weighted by molar-refractivity contribution is -0.126. The summed E-state index contributed by atoms with van der Waals surface area (Å²) in [6.45, 7) is 0.971. The molecule has 0 radical (unpaired) electrons. The molecule has 1 amide bonds. The summed E-state index contributed by atoms with van der Waals surface area (Å²) < 4.78 is 28.5. The summed E-state index contributed by atoms with van der Waals surface area (Å²) in [7, 11) is 0. The summed E-state index contributed by atoms with van der Waals surface area (Å²) in [5.74, 6) is -0.199. The van der Waals surface area contributed by atoms with Gasteiger partial charge >= 0.3 is 6.61 Å². The van der Waals surface area contributed by atoms with E-state index < -0.39 is 12.2 Å². The van der Waals surface area contributed by atoms with Crippen LogP contribution >= 0.6 is 12.4 Å². The van der Waals surface area contributed by atoms with Crippen LogP contribution in [-0.4, -0.2) is 18.1 Å². The van der Waals surface area contributed by atoms with E-state index in [-0.39, 0.29) is 30.6 Å². The maximum absolute atomic E-state index is 12.1. The largest absolute Gasteiger partial charge is 0.435 e. The minimum atomic E-state index is -2.86. The molecule has 3 N–H and O–H groups in total. The number of hydrogen-bond acceptors (Lipinski definition) is 3. The van der Waals surface area contributed by atoms with Crippen LogP contribution in [0, 0.1) is 0 Å². The van der Waals surface area contributed by atoms with Gasteiger partial charge in [0.05, 0.1) is 5.54 Å². The number of amides is 1. The van der Waals surface area contributed by atoms with Gasteiger partial charge in [-0.15, -0.1) is 12.4 Å². The van der Waals surface area contributed by atoms with Crippen molar-refractivity contribution in [1.82, 2.24) is 5.32 Å². The molecule has 1 atom stereocenters. The Morgan fingerprint density at radius 2 is 2.14 bits per heavy atom. The van der Waals surface area contributed by atoms with Crippen molar-refractivity contribution in [2.75, 3.05) is 0 Å². The van der Waals surface area contributed by atoms with Gasteiger partial charge in [-0.05, 0) is 31.0 Å². The average molecular weight is 323 g/mol. The molecule has 4 nitrogen and oxygen atoms in total. The van der Waals surface area contributed by atoms with Gasteiger partial charge in [-0.25, -0.2) is 0 Å². The predicted octanol–water partition coefficient (Wildman–Crippen LogP) is 2.84. The zero-order chi connectivity index (χ0) is 15.2. The molecule has 7 heteroatoms. The highest BCUT2D eigenvalue weighted by molar-refractivity contribution is 5.85. The van der Waals surface area contributed by atoms with Crippen molar-refractivity contribution < 1.29 is 18.3 Å². The van der Waals surface area contributed by atoms with Crippen molar-refractivity contribution in [2.24, 2.45) is 5.73 Å². The molecule has 21 heavy (non-hydrogen) atoms. The summed E-state index contributed by atoms with van der Waals surface area (Å²) in [5.41, 5.74) is 5.64. The molecule has 1 unspecified atom stereocenters. The Morgan fingerprint density at radius 3 is 2.71 bits per heavy atom. The van der Waals surface area contributed by atoms with Crippen LogP contribution in [0.3, 0.4) is 0 Å². The summed E-state index contributed by atoms with van der Waals surface area (Å²) >= 11 is 0. The predicted molar refractivity (Wildman–Crippen MR) is 79.7 cm³/mol. The fourth-order valence-corrected chi connectivity index (χ4v) is 1.85. The lowest BCUT2D eigenvalue weighted by Gasteiger charge is -2.22. The van der Waals surface area contributed by atoms with Crippen molar-refractivity contribution in [3.8, 4) is 5.75 Å². The quantitative estimate of drug-likeness (QED) is 0.811. The summed E-state index contributed by atoms with van der Waals surface area (Å²) in [6, 6.07) is 6.20. The van der Waals surface area contributed by atoms with E-state index in [0.29, 0.717) is 12.0 Å². The van der Waals surface area contributed by atoms with E-state index in [1.54, 1.807) is 19.1 Å².